The van der Waals surface area contributed by atoms with Crippen molar-refractivity contribution in [3.63, 3.8) is 0 Å². The van der Waals surface area contributed by atoms with Crippen molar-refractivity contribution in [2.45, 2.75) is 24.3 Å². The summed E-state index contributed by atoms with van der Waals surface area (Å²) in [5.74, 6) is 0.410. The summed E-state index contributed by atoms with van der Waals surface area (Å²) in [7, 11) is -1.11. The zero-order chi connectivity index (χ0) is 14.5. The Morgan fingerprint density at radius 1 is 1.10 bits per heavy atom. The molecule has 0 spiro atoms. The fourth-order valence-corrected chi connectivity index (χ4v) is 3.22. The van der Waals surface area contributed by atoms with Gasteiger partial charge in [0.15, 0.2) is 0 Å². The average molecular weight is 308 g/mol. The number of hydrogen-bond acceptors (Lipinski definition) is 2. The van der Waals surface area contributed by atoms with Crippen LogP contribution in [0.25, 0.3) is 0 Å². The maximum absolute atomic E-state index is 12.3. The van der Waals surface area contributed by atoms with Gasteiger partial charge in [0, 0.05) is 21.7 Å². The number of rotatable bonds is 5. The van der Waals surface area contributed by atoms with Crippen LogP contribution in [0.2, 0.25) is 5.02 Å². The maximum Gasteiger partial charge on any atom is 0.0548 e. The van der Waals surface area contributed by atoms with Crippen LogP contribution in [-0.4, -0.2) is 9.96 Å². The van der Waals surface area contributed by atoms with Gasteiger partial charge < -0.3 is 5.73 Å². The van der Waals surface area contributed by atoms with Gasteiger partial charge in [-0.3, -0.25) is 4.21 Å². The van der Waals surface area contributed by atoms with Gasteiger partial charge in [0.25, 0.3) is 0 Å². The van der Waals surface area contributed by atoms with Crippen molar-refractivity contribution in [3.8, 4) is 0 Å². The Morgan fingerprint density at radius 2 is 1.70 bits per heavy atom. The number of benzene rings is 2. The van der Waals surface area contributed by atoms with Gasteiger partial charge in [-0.25, -0.2) is 0 Å². The van der Waals surface area contributed by atoms with Crippen LogP contribution in [0.5, 0.6) is 0 Å². The molecular weight excluding hydrogens is 290 g/mol. The van der Waals surface area contributed by atoms with Crippen LogP contribution in [0.1, 0.15) is 24.1 Å². The van der Waals surface area contributed by atoms with E-state index >= 15 is 0 Å². The molecule has 0 aromatic heterocycles. The molecule has 2 unspecified atom stereocenters. The number of hydrogen-bond donors (Lipinski definition) is 1. The Bertz CT molecular complexity index is 580. The van der Waals surface area contributed by atoms with E-state index in [1.807, 2.05) is 12.1 Å². The van der Waals surface area contributed by atoms with E-state index in [4.69, 9.17) is 17.3 Å². The standard InChI is InChI=1S/C16H18ClNOS/c1-2-12-3-5-13(6-4-12)16(18)11-20(19)15-9-7-14(17)8-10-15/h3-10,16H,2,11,18H2,1H3. The fraction of sp³-hybridized carbons (Fsp3) is 0.250. The van der Waals surface area contributed by atoms with Crippen molar-refractivity contribution in [2.75, 3.05) is 5.75 Å². The molecule has 2 rings (SSSR count). The summed E-state index contributed by atoms with van der Waals surface area (Å²) in [6.45, 7) is 2.12. The van der Waals surface area contributed by atoms with Gasteiger partial charge in [-0.15, -0.1) is 0 Å². The minimum Gasteiger partial charge on any atom is -0.323 e. The van der Waals surface area contributed by atoms with Gasteiger partial charge in [-0.1, -0.05) is 42.8 Å². The van der Waals surface area contributed by atoms with Gasteiger partial charge in [0.2, 0.25) is 0 Å². The van der Waals surface area contributed by atoms with E-state index in [1.165, 1.54) is 5.56 Å². The van der Waals surface area contributed by atoms with Crippen molar-refractivity contribution >= 4 is 22.4 Å². The van der Waals surface area contributed by atoms with Crippen molar-refractivity contribution in [1.29, 1.82) is 0 Å². The first-order valence-corrected chi connectivity index (χ1v) is 8.28. The van der Waals surface area contributed by atoms with Crippen LogP contribution in [0, 0.1) is 0 Å². The normalized spacial score (nSPS) is 13.9. The number of nitrogens with two attached hydrogens (primary N) is 1. The smallest absolute Gasteiger partial charge is 0.0548 e. The summed E-state index contributed by atoms with van der Waals surface area (Å²) in [6, 6.07) is 15.0. The van der Waals surface area contributed by atoms with Crippen LogP contribution < -0.4 is 5.73 Å². The molecule has 0 fully saturated rings. The maximum atomic E-state index is 12.3. The van der Waals surface area contributed by atoms with E-state index in [9.17, 15) is 4.21 Å². The Kier molecular flexibility index (Phi) is 5.35. The van der Waals surface area contributed by atoms with Crippen LogP contribution >= 0.6 is 11.6 Å². The molecule has 20 heavy (non-hydrogen) atoms. The summed E-state index contributed by atoms with van der Waals surface area (Å²) < 4.78 is 12.3. The molecular formula is C16H18ClNOS. The summed E-state index contributed by atoms with van der Waals surface area (Å²) in [6.07, 6.45) is 1.01. The zero-order valence-electron chi connectivity index (χ0n) is 11.4. The first-order chi connectivity index (χ1) is 9.60. The summed E-state index contributed by atoms with van der Waals surface area (Å²) in [5, 5.41) is 0.644. The minimum atomic E-state index is -1.11. The van der Waals surface area contributed by atoms with Crippen LogP contribution in [0.4, 0.5) is 0 Å². The second kappa shape index (κ2) is 7.02. The Morgan fingerprint density at radius 3 is 2.25 bits per heavy atom. The molecule has 2 aromatic carbocycles. The van der Waals surface area contributed by atoms with Crippen LogP contribution in [-0.2, 0) is 17.2 Å². The minimum absolute atomic E-state index is 0.225. The third kappa shape index (κ3) is 3.92. The molecule has 0 saturated carbocycles. The first kappa shape index (κ1) is 15.2. The van der Waals surface area contributed by atoms with Crippen molar-refractivity contribution < 1.29 is 4.21 Å². The molecule has 2 N–H and O–H groups in total. The second-order valence-electron chi connectivity index (χ2n) is 4.67. The highest BCUT2D eigenvalue weighted by Gasteiger charge is 2.12. The van der Waals surface area contributed by atoms with Crippen molar-refractivity contribution in [3.05, 3.63) is 64.7 Å². The predicted octanol–water partition coefficient (Wildman–Crippen LogP) is 3.71. The molecule has 0 aliphatic rings. The fourth-order valence-electron chi connectivity index (χ4n) is 1.94. The first-order valence-electron chi connectivity index (χ1n) is 6.58. The molecule has 2 atom stereocenters. The van der Waals surface area contributed by atoms with E-state index in [2.05, 4.69) is 19.1 Å². The van der Waals surface area contributed by atoms with E-state index < -0.39 is 10.8 Å². The quantitative estimate of drug-likeness (QED) is 0.915. The highest BCUT2D eigenvalue weighted by Crippen LogP contribution is 2.18. The van der Waals surface area contributed by atoms with Crippen LogP contribution in [0.3, 0.4) is 0 Å². The number of halogens is 1. The predicted molar refractivity (Wildman–Crippen MR) is 85.5 cm³/mol. The monoisotopic (exact) mass is 307 g/mol. The Labute approximate surface area is 127 Å². The molecule has 106 valence electrons. The van der Waals surface area contributed by atoms with Gasteiger partial charge in [-0.2, -0.15) is 0 Å². The lowest BCUT2D eigenvalue weighted by molar-refractivity contribution is 0.675. The number of aryl methyl sites for hydroxylation is 1. The molecule has 0 bridgehead atoms. The topological polar surface area (TPSA) is 43.1 Å². The van der Waals surface area contributed by atoms with Gasteiger partial charge in [-0.05, 0) is 41.8 Å². The summed E-state index contributed by atoms with van der Waals surface area (Å²) in [4.78, 5) is 0.759. The van der Waals surface area contributed by atoms with E-state index in [1.54, 1.807) is 24.3 Å². The molecule has 0 heterocycles. The third-order valence-electron chi connectivity index (χ3n) is 3.22. The lowest BCUT2D eigenvalue weighted by Gasteiger charge is -2.12. The van der Waals surface area contributed by atoms with Gasteiger partial charge in [0.1, 0.15) is 0 Å². The lowest BCUT2D eigenvalue weighted by atomic mass is 10.1. The molecule has 0 aliphatic carbocycles. The average Bonchev–Trinajstić information content (AvgIpc) is 2.48. The molecule has 2 aromatic rings. The molecule has 0 amide bonds. The van der Waals surface area contributed by atoms with Crippen molar-refractivity contribution in [2.24, 2.45) is 5.73 Å². The Balaban J connectivity index is 2.04. The van der Waals surface area contributed by atoms with E-state index in [-0.39, 0.29) is 6.04 Å². The van der Waals surface area contributed by atoms with E-state index in [0.717, 1.165) is 16.9 Å². The SMILES string of the molecule is CCc1ccc(C(N)CS(=O)c2ccc(Cl)cc2)cc1. The van der Waals surface area contributed by atoms with Gasteiger partial charge >= 0.3 is 0 Å². The second-order valence-corrected chi connectivity index (χ2v) is 6.60. The highest BCUT2D eigenvalue weighted by molar-refractivity contribution is 7.85. The van der Waals surface area contributed by atoms with Gasteiger partial charge in [0.05, 0.1) is 10.8 Å². The lowest BCUT2D eigenvalue weighted by Crippen LogP contribution is -2.18. The highest BCUT2D eigenvalue weighted by atomic mass is 35.5. The molecule has 0 aliphatic heterocycles. The molecule has 0 saturated heterocycles. The van der Waals surface area contributed by atoms with Crippen LogP contribution in [0.15, 0.2) is 53.4 Å². The third-order valence-corrected chi connectivity index (χ3v) is 4.94. The molecule has 0 radical (unpaired) electrons. The summed E-state index contributed by atoms with van der Waals surface area (Å²) in [5.41, 5.74) is 8.43. The van der Waals surface area contributed by atoms with Crippen molar-refractivity contribution in [1.82, 2.24) is 0 Å². The molecule has 4 heteroatoms. The van der Waals surface area contributed by atoms with E-state index in [0.29, 0.717) is 10.8 Å². The molecule has 2 nitrogen and oxygen atoms in total. The summed E-state index contributed by atoms with van der Waals surface area (Å²) >= 11 is 5.82. The largest absolute Gasteiger partial charge is 0.323 e. The zero-order valence-corrected chi connectivity index (χ0v) is 13.0. The Hall–Kier alpha value is -1.16.